The number of thioether (sulfide) groups is 1. The van der Waals surface area contributed by atoms with Crippen LogP contribution in [0.15, 0.2) is 23.3 Å². The van der Waals surface area contributed by atoms with Gasteiger partial charge in [0.2, 0.25) is 0 Å². The van der Waals surface area contributed by atoms with Crippen LogP contribution in [0, 0.1) is 0 Å². The first kappa shape index (κ1) is 21.5. The number of ether oxygens (including phenoxy) is 1. The molecule has 1 atom stereocenters. The molecule has 1 aromatic heterocycles. The van der Waals surface area contributed by atoms with Crippen LogP contribution in [0.2, 0.25) is 5.02 Å². The van der Waals surface area contributed by atoms with E-state index in [9.17, 15) is 0 Å². The lowest BCUT2D eigenvalue weighted by atomic mass is 9.99. The Labute approximate surface area is 177 Å². The third kappa shape index (κ3) is 5.67. The molecule has 8 heteroatoms. The maximum atomic E-state index is 6.32. The number of halogens is 1. The zero-order chi connectivity index (χ0) is 19.8. The molecule has 0 saturated carbocycles. The highest BCUT2D eigenvalue weighted by molar-refractivity contribution is 8.00. The van der Waals surface area contributed by atoms with E-state index in [1.807, 2.05) is 23.9 Å². The standard InChI is InChI=1S/C20H32ClN5OS/c1-3-22-19(24-15-20(28-4-2)8-12-27-13-9-20)25-16-7-11-26(14-16)18-17(21)6-5-10-23-18/h5-6,10,16H,3-4,7-9,11-15H2,1-2H3,(H2,22,24,25). The van der Waals surface area contributed by atoms with Crippen molar-refractivity contribution in [2.24, 2.45) is 4.99 Å². The molecule has 0 spiro atoms. The summed E-state index contributed by atoms with van der Waals surface area (Å²) in [4.78, 5) is 11.7. The lowest BCUT2D eigenvalue weighted by molar-refractivity contribution is 0.0793. The lowest BCUT2D eigenvalue weighted by Crippen LogP contribution is -2.46. The van der Waals surface area contributed by atoms with Crippen molar-refractivity contribution < 1.29 is 4.74 Å². The Kier molecular flexibility index (Phi) is 8.11. The number of nitrogens with one attached hydrogen (secondary N) is 2. The second kappa shape index (κ2) is 10.6. The first-order valence-corrected chi connectivity index (χ1v) is 11.6. The number of hydrogen-bond acceptors (Lipinski definition) is 5. The monoisotopic (exact) mass is 425 g/mol. The average molecular weight is 426 g/mol. The summed E-state index contributed by atoms with van der Waals surface area (Å²) in [7, 11) is 0. The summed E-state index contributed by atoms with van der Waals surface area (Å²) in [6.07, 6.45) is 4.99. The maximum absolute atomic E-state index is 6.32. The van der Waals surface area contributed by atoms with Crippen LogP contribution in [0.3, 0.4) is 0 Å². The summed E-state index contributed by atoms with van der Waals surface area (Å²) in [6, 6.07) is 4.10. The van der Waals surface area contributed by atoms with Crippen molar-refractivity contribution in [3.63, 3.8) is 0 Å². The third-order valence-corrected chi connectivity index (χ3v) is 7.03. The van der Waals surface area contributed by atoms with Gasteiger partial charge in [-0.15, -0.1) is 0 Å². The number of anilines is 1. The number of aliphatic imine (C=N–C) groups is 1. The van der Waals surface area contributed by atoms with Gasteiger partial charge in [0.15, 0.2) is 5.96 Å². The molecule has 6 nitrogen and oxygen atoms in total. The minimum Gasteiger partial charge on any atom is -0.381 e. The summed E-state index contributed by atoms with van der Waals surface area (Å²) in [5, 5.41) is 7.74. The van der Waals surface area contributed by atoms with E-state index in [4.69, 9.17) is 21.3 Å². The Morgan fingerprint density at radius 1 is 1.43 bits per heavy atom. The number of rotatable bonds is 7. The second-order valence-electron chi connectivity index (χ2n) is 7.31. The molecular formula is C20H32ClN5OS. The van der Waals surface area contributed by atoms with Crippen molar-refractivity contribution in [3.8, 4) is 0 Å². The van der Waals surface area contributed by atoms with E-state index in [0.717, 1.165) is 76.2 Å². The zero-order valence-corrected chi connectivity index (χ0v) is 18.5. The van der Waals surface area contributed by atoms with E-state index >= 15 is 0 Å². The molecule has 2 saturated heterocycles. The van der Waals surface area contributed by atoms with Crippen LogP contribution >= 0.6 is 23.4 Å². The summed E-state index contributed by atoms with van der Waals surface area (Å²) in [5.74, 6) is 2.89. The molecule has 0 aliphatic carbocycles. The van der Waals surface area contributed by atoms with Crippen LogP contribution < -0.4 is 15.5 Å². The molecule has 2 aliphatic rings. The Hall–Kier alpha value is -1.18. The van der Waals surface area contributed by atoms with Gasteiger partial charge in [-0.1, -0.05) is 18.5 Å². The van der Waals surface area contributed by atoms with Crippen LogP contribution in [0.5, 0.6) is 0 Å². The van der Waals surface area contributed by atoms with Crippen molar-refractivity contribution in [1.29, 1.82) is 0 Å². The zero-order valence-electron chi connectivity index (χ0n) is 16.9. The molecule has 2 N–H and O–H groups in total. The number of aromatic nitrogens is 1. The topological polar surface area (TPSA) is 61.8 Å². The van der Waals surface area contributed by atoms with E-state index in [-0.39, 0.29) is 4.75 Å². The fourth-order valence-corrected chi connectivity index (χ4v) is 5.28. The molecule has 3 heterocycles. The van der Waals surface area contributed by atoms with Crippen molar-refractivity contribution in [1.82, 2.24) is 15.6 Å². The molecule has 28 heavy (non-hydrogen) atoms. The van der Waals surface area contributed by atoms with Crippen molar-refractivity contribution >= 4 is 35.1 Å². The quantitative estimate of drug-likeness (QED) is 0.516. The second-order valence-corrected chi connectivity index (χ2v) is 9.45. The largest absolute Gasteiger partial charge is 0.381 e. The van der Waals surface area contributed by atoms with E-state index in [1.165, 1.54) is 0 Å². The number of nitrogens with zero attached hydrogens (tertiary/aromatic N) is 3. The molecule has 2 fully saturated rings. The number of pyridine rings is 1. The van der Waals surface area contributed by atoms with E-state index < -0.39 is 0 Å². The molecule has 3 rings (SSSR count). The fourth-order valence-electron chi connectivity index (χ4n) is 3.81. The number of hydrogen-bond donors (Lipinski definition) is 2. The van der Waals surface area contributed by atoms with Crippen LogP contribution in [0.4, 0.5) is 5.82 Å². The van der Waals surface area contributed by atoms with Gasteiger partial charge in [-0.2, -0.15) is 11.8 Å². The Morgan fingerprint density at radius 3 is 2.96 bits per heavy atom. The van der Waals surface area contributed by atoms with Gasteiger partial charge >= 0.3 is 0 Å². The Balaban J connectivity index is 1.61. The molecule has 0 amide bonds. The number of guanidine groups is 1. The predicted molar refractivity (Wildman–Crippen MR) is 120 cm³/mol. The highest BCUT2D eigenvalue weighted by Gasteiger charge is 2.33. The predicted octanol–water partition coefficient (Wildman–Crippen LogP) is 3.17. The van der Waals surface area contributed by atoms with Gasteiger partial charge in [-0.3, -0.25) is 4.99 Å². The van der Waals surface area contributed by atoms with Gasteiger partial charge in [0.05, 0.1) is 11.6 Å². The smallest absolute Gasteiger partial charge is 0.191 e. The summed E-state index contributed by atoms with van der Waals surface area (Å²) in [6.45, 7) is 9.52. The average Bonchev–Trinajstić information content (AvgIpc) is 3.16. The summed E-state index contributed by atoms with van der Waals surface area (Å²) in [5.41, 5.74) is 0. The minimum absolute atomic E-state index is 0.207. The lowest BCUT2D eigenvalue weighted by Gasteiger charge is -2.35. The van der Waals surface area contributed by atoms with Gasteiger partial charge in [-0.25, -0.2) is 4.98 Å². The van der Waals surface area contributed by atoms with Gasteiger partial charge in [-0.05, 0) is 44.1 Å². The van der Waals surface area contributed by atoms with Crippen molar-refractivity contribution in [2.45, 2.75) is 43.9 Å². The highest BCUT2D eigenvalue weighted by atomic mass is 35.5. The van der Waals surface area contributed by atoms with E-state index in [1.54, 1.807) is 6.20 Å². The maximum Gasteiger partial charge on any atom is 0.191 e. The van der Waals surface area contributed by atoms with Gasteiger partial charge < -0.3 is 20.3 Å². The first-order valence-electron chi connectivity index (χ1n) is 10.3. The summed E-state index contributed by atoms with van der Waals surface area (Å²) >= 11 is 8.34. The Bertz CT molecular complexity index is 648. The molecule has 1 aromatic rings. The van der Waals surface area contributed by atoms with Crippen molar-refractivity contribution in [3.05, 3.63) is 23.4 Å². The summed E-state index contributed by atoms with van der Waals surface area (Å²) < 4.78 is 5.79. The van der Waals surface area contributed by atoms with Gasteiger partial charge in [0, 0.05) is 49.8 Å². The van der Waals surface area contributed by atoms with Crippen LogP contribution in [0.25, 0.3) is 0 Å². The van der Waals surface area contributed by atoms with Crippen LogP contribution in [-0.4, -0.2) is 66.9 Å². The third-order valence-electron chi connectivity index (χ3n) is 5.29. The molecule has 0 radical (unpaired) electrons. The van der Waals surface area contributed by atoms with Crippen LogP contribution in [-0.2, 0) is 4.74 Å². The van der Waals surface area contributed by atoms with Crippen LogP contribution in [0.1, 0.15) is 33.1 Å². The molecule has 0 bridgehead atoms. The minimum atomic E-state index is 0.207. The van der Waals surface area contributed by atoms with Gasteiger partial charge in [0.25, 0.3) is 0 Å². The van der Waals surface area contributed by atoms with Crippen molar-refractivity contribution in [2.75, 3.05) is 50.0 Å². The molecule has 1 unspecified atom stereocenters. The van der Waals surface area contributed by atoms with Gasteiger partial charge in [0.1, 0.15) is 5.82 Å². The normalized spacial score (nSPS) is 22.3. The highest BCUT2D eigenvalue weighted by Crippen LogP contribution is 2.35. The first-order chi connectivity index (χ1) is 13.7. The Morgan fingerprint density at radius 2 is 2.25 bits per heavy atom. The molecule has 0 aromatic carbocycles. The molecule has 2 aliphatic heterocycles. The molecule has 156 valence electrons. The molecular weight excluding hydrogens is 394 g/mol. The van der Waals surface area contributed by atoms with E-state index in [0.29, 0.717) is 11.1 Å². The van der Waals surface area contributed by atoms with E-state index in [2.05, 4.69) is 34.4 Å². The fraction of sp³-hybridized carbons (Fsp3) is 0.700. The SMILES string of the molecule is CCNC(=NCC1(SCC)CCOCC1)NC1CCN(c2ncccc2Cl)C1.